The highest BCUT2D eigenvalue weighted by molar-refractivity contribution is 5.80. The van der Waals surface area contributed by atoms with Crippen molar-refractivity contribution in [2.75, 3.05) is 6.54 Å². The molecule has 0 saturated carbocycles. The lowest BCUT2D eigenvalue weighted by atomic mass is 10.2. The number of aryl methyl sites for hydroxylation is 2. The van der Waals surface area contributed by atoms with Crippen molar-refractivity contribution in [1.82, 2.24) is 20.0 Å². The van der Waals surface area contributed by atoms with Crippen LogP contribution in [0.15, 0.2) is 6.20 Å². The third-order valence-electron chi connectivity index (χ3n) is 3.23. The molecule has 1 atom stereocenters. The van der Waals surface area contributed by atoms with Crippen molar-refractivity contribution in [1.29, 1.82) is 0 Å². The number of hydrogen-bond acceptors (Lipinski definition) is 3. The fourth-order valence-corrected chi connectivity index (χ4v) is 1.89. The number of nitrogens with zero attached hydrogens (tertiary/aromatic N) is 3. The van der Waals surface area contributed by atoms with Gasteiger partial charge in [-0.25, -0.2) is 4.79 Å². The van der Waals surface area contributed by atoms with Crippen LogP contribution in [-0.4, -0.2) is 44.4 Å². The Labute approximate surface area is 118 Å². The van der Waals surface area contributed by atoms with Crippen LogP contribution in [0.25, 0.3) is 0 Å². The molecule has 0 aliphatic heterocycles. The lowest BCUT2D eigenvalue weighted by molar-refractivity contribution is -0.138. The van der Waals surface area contributed by atoms with Crippen LogP contribution in [0.4, 0.5) is 4.79 Å². The molecule has 2 N–H and O–H groups in total. The second kappa shape index (κ2) is 6.93. The summed E-state index contributed by atoms with van der Waals surface area (Å²) < 4.78 is 1.68. The molecule has 0 aliphatic carbocycles. The summed E-state index contributed by atoms with van der Waals surface area (Å²) in [5.74, 6) is -1.02. The largest absolute Gasteiger partial charge is 0.480 e. The van der Waals surface area contributed by atoms with Gasteiger partial charge in [-0.15, -0.1) is 0 Å². The van der Waals surface area contributed by atoms with Crippen LogP contribution in [0.2, 0.25) is 0 Å². The highest BCUT2D eigenvalue weighted by atomic mass is 16.4. The molecule has 1 aromatic rings. The Kier molecular flexibility index (Phi) is 5.54. The number of carbonyl (C=O) groups excluding carboxylic acids is 1. The van der Waals surface area contributed by atoms with Crippen LogP contribution in [0, 0.1) is 6.92 Å². The highest BCUT2D eigenvalue weighted by Gasteiger charge is 2.21. The minimum Gasteiger partial charge on any atom is -0.480 e. The van der Waals surface area contributed by atoms with Gasteiger partial charge in [-0.2, -0.15) is 5.10 Å². The van der Waals surface area contributed by atoms with Gasteiger partial charge in [-0.05, 0) is 20.3 Å². The van der Waals surface area contributed by atoms with Gasteiger partial charge in [-0.3, -0.25) is 9.48 Å². The van der Waals surface area contributed by atoms with Crippen LogP contribution >= 0.6 is 0 Å². The minimum atomic E-state index is -1.02. The van der Waals surface area contributed by atoms with Crippen LogP contribution < -0.4 is 5.32 Å². The number of carboxylic acids is 1. The number of aliphatic carboxylic acids is 1. The summed E-state index contributed by atoms with van der Waals surface area (Å²) in [5, 5.41) is 15.8. The van der Waals surface area contributed by atoms with E-state index in [1.165, 1.54) is 4.90 Å². The second-order valence-electron chi connectivity index (χ2n) is 4.85. The molecule has 7 nitrogen and oxygen atoms in total. The fourth-order valence-electron chi connectivity index (χ4n) is 1.89. The van der Waals surface area contributed by atoms with Gasteiger partial charge in [0.2, 0.25) is 0 Å². The number of urea groups is 1. The van der Waals surface area contributed by atoms with E-state index in [1.54, 1.807) is 4.68 Å². The number of amides is 2. The summed E-state index contributed by atoms with van der Waals surface area (Å²) in [6, 6.07) is -0.494. The van der Waals surface area contributed by atoms with Crippen LogP contribution in [0.1, 0.15) is 31.5 Å². The first-order valence-electron chi connectivity index (χ1n) is 6.60. The molecule has 0 fully saturated rings. The van der Waals surface area contributed by atoms with Crippen LogP contribution in [0.5, 0.6) is 0 Å². The number of carboxylic acid groups (broad SMARTS) is 1. The molecule has 0 saturated heterocycles. The summed E-state index contributed by atoms with van der Waals surface area (Å²) in [6.07, 6.45) is 2.53. The molecule has 0 aromatic carbocycles. The van der Waals surface area contributed by atoms with Crippen molar-refractivity contribution >= 4 is 12.0 Å². The van der Waals surface area contributed by atoms with E-state index in [2.05, 4.69) is 10.4 Å². The smallest absolute Gasteiger partial charge is 0.323 e. The van der Waals surface area contributed by atoms with Crippen LogP contribution in [-0.2, 0) is 18.4 Å². The van der Waals surface area contributed by atoms with E-state index in [4.69, 9.17) is 5.11 Å². The quantitative estimate of drug-likeness (QED) is 0.818. The Morgan fingerprint density at radius 1 is 1.55 bits per heavy atom. The highest BCUT2D eigenvalue weighted by Crippen LogP contribution is 2.07. The average Bonchev–Trinajstić information content (AvgIpc) is 2.70. The van der Waals surface area contributed by atoms with Crippen molar-refractivity contribution in [3.05, 3.63) is 17.5 Å². The Bertz CT molecular complexity index is 484. The third-order valence-corrected chi connectivity index (χ3v) is 3.23. The lowest BCUT2D eigenvalue weighted by Crippen LogP contribution is -2.47. The lowest BCUT2D eigenvalue weighted by Gasteiger charge is -2.27. The number of nitrogens with one attached hydrogen (secondary N) is 1. The van der Waals surface area contributed by atoms with Gasteiger partial charge >= 0.3 is 12.0 Å². The second-order valence-corrected chi connectivity index (χ2v) is 4.85. The summed E-state index contributed by atoms with van der Waals surface area (Å²) >= 11 is 0. The summed E-state index contributed by atoms with van der Waals surface area (Å²) in [7, 11) is 1.81. The zero-order valence-corrected chi connectivity index (χ0v) is 12.4. The van der Waals surface area contributed by atoms with Gasteiger partial charge in [0.15, 0.2) is 0 Å². The molecule has 20 heavy (non-hydrogen) atoms. The first kappa shape index (κ1) is 16.0. The van der Waals surface area contributed by atoms with Crippen molar-refractivity contribution in [2.24, 2.45) is 7.05 Å². The van der Waals surface area contributed by atoms with Gasteiger partial charge in [0.1, 0.15) is 6.54 Å². The monoisotopic (exact) mass is 282 g/mol. The topological polar surface area (TPSA) is 87.5 Å². The molecule has 1 heterocycles. The minimum absolute atomic E-state index is 0.124. The molecule has 1 rings (SSSR count). The molecule has 0 bridgehead atoms. The molecule has 2 amide bonds. The maximum Gasteiger partial charge on any atom is 0.323 e. The van der Waals surface area contributed by atoms with Gasteiger partial charge in [0.25, 0.3) is 0 Å². The van der Waals surface area contributed by atoms with Crippen molar-refractivity contribution in [2.45, 2.75) is 39.8 Å². The Balaban J connectivity index is 2.66. The molecule has 0 spiro atoms. The Hall–Kier alpha value is -2.05. The van der Waals surface area contributed by atoms with E-state index >= 15 is 0 Å². The molecule has 0 aliphatic rings. The first-order valence-corrected chi connectivity index (χ1v) is 6.60. The third kappa shape index (κ3) is 4.25. The normalized spacial score (nSPS) is 12.0. The number of rotatable bonds is 6. The SMILES string of the molecule is CCC(C)N(CC(=O)O)C(=O)NCc1cn(C)nc1C. The number of carbonyl (C=O) groups is 2. The van der Waals surface area contributed by atoms with Gasteiger partial charge in [0, 0.05) is 31.4 Å². The first-order chi connectivity index (χ1) is 9.35. The molecular weight excluding hydrogens is 260 g/mol. The Morgan fingerprint density at radius 2 is 2.20 bits per heavy atom. The summed E-state index contributed by atoms with van der Waals surface area (Å²) in [6.45, 7) is 5.65. The maximum absolute atomic E-state index is 12.1. The molecular formula is C13H22N4O3. The van der Waals surface area contributed by atoms with E-state index in [9.17, 15) is 9.59 Å². The average molecular weight is 282 g/mol. The molecule has 1 unspecified atom stereocenters. The van der Waals surface area contributed by atoms with E-state index in [-0.39, 0.29) is 18.6 Å². The van der Waals surface area contributed by atoms with Crippen molar-refractivity contribution in [3.8, 4) is 0 Å². The van der Waals surface area contributed by atoms with E-state index in [1.807, 2.05) is 34.0 Å². The maximum atomic E-state index is 12.1. The summed E-state index contributed by atoms with van der Waals surface area (Å²) in [5.41, 5.74) is 1.77. The van der Waals surface area contributed by atoms with Gasteiger partial charge in [0.05, 0.1) is 5.69 Å². The van der Waals surface area contributed by atoms with E-state index < -0.39 is 5.97 Å². The van der Waals surface area contributed by atoms with E-state index in [0.717, 1.165) is 11.3 Å². The van der Waals surface area contributed by atoms with Crippen molar-refractivity contribution in [3.63, 3.8) is 0 Å². The fraction of sp³-hybridized carbons (Fsp3) is 0.615. The van der Waals surface area contributed by atoms with Crippen LogP contribution in [0.3, 0.4) is 0 Å². The molecule has 0 radical (unpaired) electrons. The predicted molar refractivity (Wildman–Crippen MR) is 74.3 cm³/mol. The summed E-state index contributed by atoms with van der Waals surface area (Å²) in [4.78, 5) is 24.3. The Morgan fingerprint density at radius 3 is 2.65 bits per heavy atom. The van der Waals surface area contributed by atoms with Gasteiger partial charge in [-0.1, -0.05) is 6.92 Å². The standard InChI is InChI=1S/C13H22N4O3/c1-5-9(2)17(8-12(18)19)13(20)14-6-11-7-16(4)15-10(11)3/h7,9H,5-6,8H2,1-4H3,(H,14,20)(H,18,19). The molecule has 112 valence electrons. The van der Waals surface area contributed by atoms with Gasteiger partial charge < -0.3 is 15.3 Å². The van der Waals surface area contributed by atoms with E-state index in [0.29, 0.717) is 13.0 Å². The zero-order valence-electron chi connectivity index (χ0n) is 12.4. The number of aromatic nitrogens is 2. The predicted octanol–water partition coefficient (Wildman–Crippen LogP) is 1.12. The number of hydrogen-bond donors (Lipinski definition) is 2. The molecule has 7 heteroatoms. The molecule has 1 aromatic heterocycles. The zero-order chi connectivity index (χ0) is 15.3. The van der Waals surface area contributed by atoms with Crippen molar-refractivity contribution < 1.29 is 14.7 Å².